The highest BCUT2D eigenvalue weighted by atomic mass is 16.5. The van der Waals surface area contributed by atoms with Crippen molar-refractivity contribution in [3.63, 3.8) is 0 Å². The van der Waals surface area contributed by atoms with Crippen molar-refractivity contribution >= 4 is 11.7 Å². The van der Waals surface area contributed by atoms with Crippen LogP contribution in [0.4, 0.5) is 0 Å². The van der Waals surface area contributed by atoms with Gasteiger partial charge in [-0.3, -0.25) is 9.59 Å². The molecule has 0 bridgehead atoms. The molecule has 1 unspecified atom stereocenters. The number of methoxy groups -OCH3 is 3. The number of Topliss-reactive ketones (excluding diaryl/α,β-unsaturated/α-hetero) is 1. The molecule has 6 nitrogen and oxygen atoms in total. The van der Waals surface area contributed by atoms with Crippen LogP contribution >= 0.6 is 0 Å². The smallest absolute Gasteiger partial charge is 0.227 e. The lowest BCUT2D eigenvalue weighted by molar-refractivity contribution is -0.130. The number of amides is 1. The molecule has 0 aliphatic carbocycles. The van der Waals surface area contributed by atoms with E-state index in [1.165, 1.54) is 0 Å². The Balaban J connectivity index is 1.75. The SMILES string of the molecule is COc1ccc(C(=O)C2CCCN2C(=O)Cc2ccc(OC)c(OC)c2)cc1C. The Morgan fingerprint density at radius 1 is 0.966 bits per heavy atom. The van der Waals surface area contributed by atoms with Crippen molar-refractivity contribution in [3.8, 4) is 17.2 Å². The van der Waals surface area contributed by atoms with Gasteiger partial charge in [0.25, 0.3) is 0 Å². The summed E-state index contributed by atoms with van der Waals surface area (Å²) in [7, 11) is 4.74. The Bertz CT molecular complexity index is 908. The minimum Gasteiger partial charge on any atom is -0.496 e. The third kappa shape index (κ3) is 4.36. The summed E-state index contributed by atoms with van der Waals surface area (Å²) in [6.07, 6.45) is 1.72. The second-order valence-corrected chi connectivity index (χ2v) is 7.16. The lowest BCUT2D eigenvalue weighted by atomic mass is 9.99. The molecule has 1 heterocycles. The van der Waals surface area contributed by atoms with E-state index in [0.29, 0.717) is 30.0 Å². The first-order valence-corrected chi connectivity index (χ1v) is 9.67. The minimum atomic E-state index is -0.421. The maximum absolute atomic E-state index is 13.1. The largest absolute Gasteiger partial charge is 0.496 e. The van der Waals surface area contributed by atoms with E-state index >= 15 is 0 Å². The molecule has 0 aromatic heterocycles. The van der Waals surface area contributed by atoms with Gasteiger partial charge in [-0.1, -0.05) is 6.07 Å². The number of ether oxygens (including phenoxy) is 3. The molecule has 1 aliphatic rings. The molecule has 3 rings (SSSR count). The topological polar surface area (TPSA) is 65.1 Å². The molecule has 1 atom stereocenters. The van der Waals surface area contributed by atoms with Gasteiger partial charge in [0.2, 0.25) is 5.91 Å². The van der Waals surface area contributed by atoms with Crippen LogP contribution in [0.25, 0.3) is 0 Å². The minimum absolute atomic E-state index is 0.0195. The van der Waals surface area contributed by atoms with Crippen molar-refractivity contribution in [3.05, 3.63) is 53.1 Å². The quantitative estimate of drug-likeness (QED) is 0.670. The maximum atomic E-state index is 13.1. The van der Waals surface area contributed by atoms with Gasteiger partial charge in [-0.15, -0.1) is 0 Å². The van der Waals surface area contributed by atoms with Crippen LogP contribution < -0.4 is 14.2 Å². The van der Waals surface area contributed by atoms with E-state index in [9.17, 15) is 9.59 Å². The summed E-state index contributed by atoms with van der Waals surface area (Å²) in [6, 6.07) is 10.4. The number of hydrogen-bond donors (Lipinski definition) is 0. The fourth-order valence-corrected chi connectivity index (χ4v) is 3.83. The fourth-order valence-electron chi connectivity index (χ4n) is 3.83. The fraction of sp³-hybridized carbons (Fsp3) is 0.391. The molecule has 0 spiro atoms. The summed E-state index contributed by atoms with van der Waals surface area (Å²) in [5.74, 6) is 1.87. The molecule has 1 fully saturated rings. The number of carbonyl (C=O) groups excluding carboxylic acids is 2. The van der Waals surface area contributed by atoms with E-state index in [4.69, 9.17) is 14.2 Å². The van der Waals surface area contributed by atoms with Gasteiger partial charge in [0, 0.05) is 12.1 Å². The molecule has 2 aromatic carbocycles. The number of carbonyl (C=O) groups is 2. The van der Waals surface area contributed by atoms with Crippen molar-refractivity contribution in [1.29, 1.82) is 0 Å². The van der Waals surface area contributed by atoms with Crippen molar-refractivity contribution < 1.29 is 23.8 Å². The van der Waals surface area contributed by atoms with Crippen LogP contribution in [-0.2, 0) is 11.2 Å². The molecule has 0 radical (unpaired) electrons. The molecule has 29 heavy (non-hydrogen) atoms. The van der Waals surface area contributed by atoms with E-state index in [-0.39, 0.29) is 18.1 Å². The zero-order valence-corrected chi connectivity index (χ0v) is 17.4. The average Bonchev–Trinajstić information content (AvgIpc) is 3.23. The average molecular weight is 397 g/mol. The van der Waals surface area contributed by atoms with Gasteiger partial charge in [0.05, 0.1) is 33.8 Å². The van der Waals surface area contributed by atoms with Crippen LogP contribution in [0, 0.1) is 6.92 Å². The third-order valence-electron chi connectivity index (χ3n) is 5.36. The highest BCUT2D eigenvalue weighted by Gasteiger charge is 2.34. The van der Waals surface area contributed by atoms with Crippen molar-refractivity contribution in [1.82, 2.24) is 4.90 Å². The maximum Gasteiger partial charge on any atom is 0.227 e. The molecule has 1 aliphatic heterocycles. The van der Waals surface area contributed by atoms with Gasteiger partial charge >= 0.3 is 0 Å². The normalized spacial score (nSPS) is 15.9. The molecule has 2 aromatic rings. The van der Waals surface area contributed by atoms with Crippen LogP contribution in [0.3, 0.4) is 0 Å². The second kappa shape index (κ2) is 8.99. The number of hydrogen-bond acceptors (Lipinski definition) is 5. The van der Waals surface area contributed by atoms with Gasteiger partial charge in [0.1, 0.15) is 5.75 Å². The predicted octanol–water partition coefficient (Wildman–Crippen LogP) is 3.44. The van der Waals surface area contributed by atoms with Crippen LogP contribution in [0.5, 0.6) is 17.2 Å². The predicted molar refractivity (Wildman–Crippen MR) is 110 cm³/mol. The van der Waals surface area contributed by atoms with Crippen LogP contribution in [0.2, 0.25) is 0 Å². The Hall–Kier alpha value is -3.02. The second-order valence-electron chi connectivity index (χ2n) is 7.16. The van der Waals surface area contributed by atoms with Gasteiger partial charge in [-0.25, -0.2) is 0 Å². The molecule has 154 valence electrons. The van der Waals surface area contributed by atoms with E-state index in [2.05, 4.69) is 0 Å². The Kier molecular flexibility index (Phi) is 6.42. The molecule has 0 N–H and O–H groups in total. The van der Waals surface area contributed by atoms with E-state index in [1.807, 2.05) is 19.1 Å². The standard InChI is InChI=1S/C23H27NO5/c1-15-12-17(8-10-19(15)27-2)23(26)18-6-5-11-24(18)22(25)14-16-7-9-20(28-3)21(13-16)29-4/h7-10,12-13,18H,5-6,11,14H2,1-4H3. The molecule has 1 saturated heterocycles. The summed E-state index contributed by atoms with van der Waals surface area (Å²) in [4.78, 5) is 27.7. The van der Waals surface area contributed by atoms with Crippen LogP contribution in [0.1, 0.15) is 34.3 Å². The summed E-state index contributed by atoms with van der Waals surface area (Å²) >= 11 is 0. The Morgan fingerprint density at radius 2 is 1.66 bits per heavy atom. The Morgan fingerprint density at radius 3 is 2.31 bits per heavy atom. The first kappa shape index (κ1) is 20.7. The molecule has 1 amide bonds. The van der Waals surface area contributed by atoms with Crippen LogP contribution in [0.15, 0.2) is 36.4 Å². The van der Waals surface area contributed by atoms with Gasteiger partial charge in [0.15, 0.2) is 17.3 Å². The number of rotatable bonds is 7. The Labute approximate surface area is 171 Å². The molecule has 0 saturated carbocycles. The summed E-state index contributed by atoms with van der Waals surface area (Å²) < 4.78 is 15.8. The number of benzene rings is 2. The first-order chi connectivity index (χ1) is 14.0. The number of nitrogens with zero attached hydrogens (tertiary/aromatic N) is 1. The monoisotopic (exact) mass is 397 g/mol. The highest BCUT2D eigenvalue weighted by molar-refractivity contribution is 6.02. The van der Waals surface area contributed by atoms with Crippen LogP contribution in [-0.4, -0.2) is 50.5 Å². The summed E-state index contributed by atoms with van der Waals surface area (Å²) in [5, 5.41) is 0. The molecular weight excluding hydrogens is 370 g/mol. The summed E-state index contributed by atoms with van der Waals surface area (Å²) in [5.41, 5.74) is 2.34. The zero-order valence-electron chi connectivity index (χ0n) is 17.4. The molecule has 6 heteroatoms. The van der Waals surface area contributed by atoms with Crippen molar-refractivity contribution in [2.45, 2.75) is 32.2 Å². The number of ketones is 1. The molecular formula is C23H27NO5. The van der Waals surface area contributed by atoms with Gasteiger partial charge in [-0.05, 0) is 61.2 Å². The van der Waals surface area contributed by atoms with Gasteiger partial charge < -0.3 is 19.1 Å². The lowest BCUT2D eigenvalue weighted by Gasteiger charge is -2.24. The third-order valence-corrected chi connectivity index (χ3v) is 5.36. The summed E-state index contributed by atoms with van der Waals surface area (Å²) in [6.45, 7) is 2.50. The van der Waals surface area contributed by atoms with Gasteiger partial charge in [-0.2, -0.15) is 0 Å². The zero-order chi connectivity index (χ0) is 21.0. The highest BCUT2D eigenvalue weighted by Crippen LogP contribution is 2.29. The first-order valence-electron chi connectivity index (χ1n) is 9.67. The number of aryl methyl sites for hydroxylation is 1. The lowest BCUT2D eigenvalue weighted by Crippen LogP contribution is -2.41. The van der Waals surface area contributed by atoms with Crippen molar-refractivity contribution in [2.24, 2.45) is 0 Å². The van der Waals surface area contributed by atoms with Crippen molar-refractivity contribution in [2.75, 3.05) is 27.9 Å². The van der Waals surface area contributed by atoms with E-state index in [1.54, 1.807) is 50.5 Å². The van der Waals surface area contributed by atoms with E-state index in [0.717, 1.165) is 23.3 Å². The number of likely N-dealkylation sites (tertiary alicyclic amines) is 1. The van der Waals surface area contributed by atoms with E-state index < -0.39 is 6.04 Å².